The van der Waals surface area contributed by atoms with Crippen molar-refractivity contribution in [2.45, 2.75) is 70.0 Å². The number of anilines is 1. The van der Waals surface area contributed by atoms with E-state index in [4.69, 9.17) is 14.8 Å². The number of aromatic amines is 1. The fourth-order valence-corrected chi connectivity index (χ4v) is 7.22. The highest BCUT2D eigenvalue weighted by Gasteiger charge is 2.78. The number of benzene rings is 1. The number of nitrogens with zero attached hydrogens (tertiary/aromatic N) is 6. The maximum atomic E-state index is 11.2. The first-order chi connectivity index (χ1) is 18.0. The number of H-pyrrole nitrogens is 1. The number of hydrogen-bond donors (Lipinski definition) is 2. The quantitative estimate of drug-likeness (QED) is 0.418. The molecule has 1 aromatic carbocycles. The van der Waals surface area contributed by atoms with E-state index in [1.54, 1.807) is 0 Å². The molecular formula is C29H35N7O2. The van der Waals surface area contributed by atoms with E-state index in [0.717, 1.165) is 42.2 Å². The Labute approximate surface area is 222 Å². The SMILES string of the molecule is Cc1nc([C@H]2[C@@]3(C(C)(C)O)CO[C@]2(c2nc4c(C)cc(N5CC[C@](C)(c6ccccc6)C5)cn4n2)C3)n[nH]1. The summed E-state index contributed by atoms with van der Waals surface area (Å²) in [6.45, 7) is 12.4. The number of ether oxygens (including phenoxy) is 1. The Morgan fingerprint density at radius 3 is 2.66 bits per heavy atom. The average Bonchev–Trinajstić information content (AvgIpc) is 3.67. The van der Waals surface area contributed by atoms with Gasteiger partial charge in [-0.3, -0.25) is 5.10 Å². The summed E-state index contributed by atoms with van der Waals surface area (Å²) in [4.78, 5) is 12.1. The second-order valence-corrected chi connectivity index (χ2v) is 12.5. The van der Waals surface area contributed by atoms with Crippen LogP contribution < -0.4 is 4.90 Å². The predicted molar refractivity (Wildman–Crippen MR) is 143 cm³/mol. The fourth-order valence-electron chi connectivity index (χ4n) is 7.22. The second-order valence-electron chi connectivity index (χ2n) is 12.5. The van der Waals surface area contributed by atoms with Crippen molar-refractivity contribution in [1.29, 1.82) is 0 Å². The molecule has 4 aromatic rings. The first-order valence-electron chi connectivity index (χ1n) is 13.5. The van der Waals surface area contributed by atoms with Gasteiger partial charge in [-0.15, -0.1) is 5.10 Å². The number of aryl methyl sites for hydroxylation is 2. The lowest BCUT2D eigenvalue weighted by atomic mass is 9.47. The highest BCUT2D eigenvalue weighted by Crippen LogP contribution is 2.73. The van der Waals surface area contributed by atoms with Crippen LogP contribution in [0.4, 0.5) is 5.69 Å². The van der Waals surface area contributed by atoms with Crippen molar-refractivity contribution < 1.29 is 9.84 Å². The Morgan fingerprint density at radius 2 is 1.95 bits per heavy atom. The van der Waals surface area contributed by atoms with Gasteiger partial charge in [-0.05, 0) is 57.7 Å². The first-order valence-corrected chi connectivity index (χ1v) is 13.5. The lowest BCUT2D eigenvalue weighted by molar-refractivity contribution is -0.137. The Bertz CT molecular complexity index is 1540. The molecular weight excluding hydrogens is 478 g/mol. The number of rotatable bonds is 5. The summed E-state index contributed by atoms with van der Waals surface area (Å²) >= 11 is 0. The lowest BCUT2D eigenvalue weighted by Gasteiger charge is -2.55. The van der Waals surface area contributed by atoms with Crippen LogP contribution in [-0.4, -0.2) is 60.2 Å². The second kappa shape index (κ2) is 7.64. The van der Waals surface area contributed by atoms with Crippen LogP contribution in [0, 0.1) is 19.3 Å². The topological polar surface area (TPSA) is 104 Å². The van der Waals surface area contributed by atoms with Gasteiger partial charge in [0, 0.05) is 23.9 Å². The molecule has 3 saturated heterocycles. The van der Waals surface area contributed by atoms with E-state index in [9.17, 15) is 5.11 Å². The Morgan fingerprint density at radius 1 is 1.16 bits per heavy atom. The van der Waals surface area contributed by atoms with Gasteiger partial charge in [-0.1, -0.05) is 37.3 Å². The minimum Gasteiger partial charge on any atom is -0.390 e. The van der Waals surface area contributed by atoms with Crippen molar-refractivity contribution >= 4 is 11.3 Å². The molecule has 0 unspecified atom stereocenters. The summed E-state index contributed by atoms with van der Waals surface area (Å²) in [5.74, 6) is 1.80. The Hall–Kier alpha value is -3.30. The number of aliphatic hydroxyl groups is 1. The minimum absolute atomic E-state index is 0.114. The van der Waals surface area contributed by atoms with Gasteiger partial charge in [0.25, 0.3) is 0 Å². The van der Waals surface area contributed by atoms with Gasteiger partial charge >= 0.3 is 0 Å². The van der Waals surface area contributed by atoms with Crippen LogP contribution in [0.5, 0.6) is 0 Å². The van der Waals surface area contributed by atoms with E-state index in [1.807, 2.05) is 25.3 Å². The number of hydrogen-bond acceptors (Lipinski definition) is 7. The third kappa shape index (κ3) is 3.12. The van der Waals surface area contributed by atoms with Crippen LogP contribution in [0.3, 0.4) is 0 Å². The molecule has 9 heteroatoms. The van der Waals surface area contributed by atoms with E-state index < -0.39 is 16.6 Å². The predicted octanol–water partition coefficient (Wildman–Crippen LogP) is 3.80. The number of nitrogens with one attached hydrogen (secondary N) is 1. The summed E-state index contributed by atoms with van der Waals surface area (Å²) < 4.78 is 8.38. The third-order valence-corrected chi connectivity index (χ3v) is 9.57. The standard InChI is InChI=1S/C29H35N7O2/c1-18-13-21(35-12-11-27(5,16-35)20-9-7-6-8-10-20)14-36-24(18)31-25(34-36)29-15-28(17-38-29,26(3,4)37)22(29)23-30-19(2)32-33-23/h6-10,13-14,22,37H,11-12,15-17H2,1-5H3,(H,30,32,33)/t22-,27-,28-,29+/m0/s1. The van der Waals surface area contributed by atoms with Gasteiger partial charge in [0.15, 0.2) is 17.3 Å². The zero-order valence-electron chi connectivity index (χ0n) is 22.7. The Kier molecular flexibility index (Phi) is 4.78. The first kappa shape index (κ1) is 23.8. The molecule has 38 heavy (non-hydrogen) atoms. The molecule has 1 saturated carbocycles. The van der Waals surface area contributed by atoms with Gasteiger partial charge in [-0.2, -0.15) is 5.10 Å². The van der Waals surface area contributed by atoms with Crippen molar-refractivity contribution in [3.8, 4) is 0 Å². The van der Waals surface area contributed by atoms with E-state index in [2.05, 4.69) is 76.5 Å². The van der Waals surface area contributed by atoms with E-state index in [-0.39, 0.29) is 11.3 Å². The lowest BCUT2D eigenvalue weighted by Crippen LogP contribution is -2.61. The van der Waals surface area contributed by atoms with E-state index >= 15 is 0 Å². The number of pyridine rings is 1. The van der Waals surface area contributed by atoms with Crippen LogP contribution >= 0.6 is 0 Å². The van der Waals surface area contributed by atoms with Gasteiger partial charge in [0.05, 0.1) is 30.0 Å². The maximum absolute atomic E-state index is 11.2. The molecule has 8 rings (SSSR count). The summed E-state index contributed by atoms with van der Waals surface area (Å²) in [6, 6.07) is 13.0. The van der Waals surface area contributed by atoms with Crippen molar-refractivity contribution in [2.24, 2.45) is 5.41 Å². The van der Waals surface area contributed by atoms with Crippen molar-refractivity contribution in [3.63, 3.8) is 0 Å². The minimum atomic E-state index is -0.963. The molecule has 9 nitrogen and oxygen atoms in total. The molecule has 3 aliphatic heterocycles. The Balaban J connectivity index is 1.25. The largest absolute Gasteiger partial charge is 0.390 e. The average molecular weight is 514 g/mol. The van der Waals surface area contributed by atoms with Gasteiger partial charge in [-0.25, -0.2) is 14.5 Å². The van der Waals surface area contributed by atoms with Crippen molar-refractivity contribution in [1.82, 2.24) is 29.8 Å². The molecule has 1 aliphatic carbocycles. The van der Waals surface area contributed by atoms with E-state index in [0.29, 0.717) is 24.7 Å². The van der Waals surface area contributed by atoms with Crippen molar-refractivity contribution in [3.05, 3.63) is 71.2 Å². The third-order valence-electron chi connectivity index (χ3n) is 9.57. The highest BCUT2D eigenvalue weighted by atomic mass is 16.5. The summed E-state index contributed by atoms with van der Waals surface area (Å²) in [5, 5.41) is 23.6. The normalized spacial score (nSPS) is 30.8. The molecule has 2 N–H and O–H groups in total. The summed E-state index contributed by atoms with van der Waals surface area (Å²) in [7, 11) is 0. The van der Waals surface area contributed by atoms with Crippen molar-refractivity contribution in [2.75, 3.05) is 24.6 Å². The molecule has 3 aromatic heterocycles. The molecule has 198 valence electrons. The molecule has 6 heterocycles. The molecule has 0 spiro atoms. The van der Waals surface area contributed by atoms with Gasteiger partial charge < -0.3 is 14.7 Å². The molecule has 0 radical (unpaired) electrons. The molecule has 2 bridgehead atoms. The van der Waals surface area contributed by atoms with Gasteiger partial charge in [0.1, 0.15) is 11.4 Å². The van der Waals surface area contributed by atoms with Crippen LogP contribution in [0.1, 0.15) is 68.1 Å². The van der Waals surface area contributed by atoms with Crippen LogP contribution in [0.15, 0.2) is 42.6 Å². The molecule has 4 fully saturated rings. The zero-order chi connectivity index (χ0) is 26.5. The zero-order valence-corrected chi connectivity index (χ0v) is 22.7. The number of fused-ring (bicyclic) bond motifs is 2. The maximum Gasteiger partial charge on any atom is 0.184 e. The van der Waals surface area contributed by atoms with Gasteiger partial charge in [0.2, 0.25) is 0 Å². The van der Waals surface area contributed by atoms with E-state index in [1.165, 1.54) is 5.56 Å². The fraction of sp³-hybridized carbons (Fsp3) is 0.517. The monoisotopic (exact) mass is 513 g/mol. The summed E-state index contributed by atoms with van der Waals surface area (Å²) in [5.41, 5.74) is 2.33. The number of aromatic nitrogens is 6. The van der Waals surface area contributed by atoms with Crippen LogP contribution in [-0.2, 0) is 15.8 Å². The highest BCUT2D eigenvalue weighted by molar-refractivity contribution is 5.58. The van der Waals surface area contributed by atoms with Crippen LogP contribution in [0.2, 0.25) is 0 Å². The van der Waals surface area contributed by atoms with Crippen LogP contribution in [0.25, 0.3) is 5.65 Å². The smallest absolute Gasteiger partial charge is 0.184 e. The summed E-state index contributed by atoms with van der Waals surface area (Å²) in [6.07, 6.45) is 3.82. The molecule has 0 amide bonds. The molecule has 4 atom stereocenters. The molecule has 4 aliphatic rings.